The molecule has 1 N–H and O–H groups in total. The highest BCUT2D eigenvalue weighted by Crippen LogP contribution is 2.39. The zero-order valence-corrected chi connectivity index (χ0v) is 14.6. The van der Waals surface area contributed by atoms with E-state index in [2.05, 4.69) is 6.92 Å². The smallest absolute Gasteiger partial charge is 0.153 e. The Morgan fingerprint density at radius 3 is 2.00 bits per heavy atom. The van der Waals surface area contributed by atoms with E-state index in [1.165, 1.54) is 0 Å². The fourth-order valence-electron chi connectivity index (χ4n) is 2.97. The molecule has 2 atom stereocenters. The monoisotopic (exact) mass is 350 g/mol. The molecule has 0 saturated carbocycles. The average molecular weight is 351 g/mol. The number of alkyl halides is 1. The van der Waals surface area contributed by atoms with E-state index in [1.54, 1.807) is 6.07 Å². The largest absolute Gasteiger partial charge is 0.507 e. The van der Waals surface area contributed by atoms with Gasteiger partial charge in [0.25, 0.3) is 0 Å². The van der Waals surface area contributed by atoms with Gasteiger partial charge in [-0.15, -0.1) is 11.6 Å². The maximum atomic E-state index is 11.4. The van der Waals surface area contributed by atoms with E-state index < -0.39 is 5.38 Å². The number of carbonyl (C=O) groups excluding carboxylic acids is 1. The molecule has 3 aromatic rings. The number of aldehydes is 1. The number of phenolic OH excluding ortho intramolecular Hbond substituents is 1. The Bertz CT molecular complexity index is 860. The first-order valence-corrected chi connectivity index (χ1v) is 8.61. The van der Waals surface area contributed by atoms with Gasteiger partial charge in [-0.05, 0) is 28.8 Å². The number of phenols is 1. The number of benzene rings is 3. The van der Waals surface area contributed by atoms with E-state index in [0.29, 0.717) is 11.8 Å². The summed E-state index contributed by atoms with van der Waals surface area (Å²) in [6, 6.07) is 23.2. The van der Waals surface area contributed by atoms with Crippen molar-refractivity contribution in [3.8, 4) is 5.75 Å². The predicted octanol–water partition coefficient (Wildman–Crippen LogP) is 5.68. The third-order valence-electron chi connectivity index (χ3n) is 4.48. The quantitative estimate of drug-likeness (QED) is 0.474. The molecule has 3 aromatic carbocycles. The second kappa shape index (κ2) is 7.54. The third kappa shape index (κ3) is 3.59. The van der Waals surface area contributed by atoms with Crippen LogP contribution in [0.4, 0.5) is 0 Å². The summed E-state index contributed by atoms with van der Waals surface area (Å²) in [5, 5.41) is 9.96. The van der Waals surface area contributed by atoms with Crippen molar-refractivity contribution in [3.63, 3.8) is 0 Å². The van der Waals surface area contributed by atoms with Crippen LogP contribution in [0.15, 0.2) is 72.8 Å². The summed E-state index contributed by atoms with van der Waals surface area (Å²) in [5.74, 6) is 0.0294. The highest BCUT2D eigenvalue weighted by molar-refractivity contribution is 6.23. The molecule has 0 radical (unpaired) electrons. The lowest BCUT2D eigenvalue weighted by atomic mass is 9.89. The molecule has 3 heteroatoms. The second-order valence-electron chi connectivity index (χ2n) is 6.07. The van der Waals surface area contributed by atoms with Crippen molar-refractivity contribution >= 4 is 17.9 Å². The van der Waals surface area contributed by atoms with Gasteiger partial charge in [-0.25, -0.2) is 0 Å². The van der Waals surface area contributed by atoms with Gasteiger partial charge < -0.3 is 5.11 Å². The van der Waals surface area contributed by atoms with Gasteiger partial charge in [-0.3, -0.25) is 4.79 Å². The van der Waals surface area contributed by atoms with Gasteiger partial charge >= 0.3 is 0 Å². The molecule has 2 nitrogen and oxygen atoms in total. The van der Waals surface area contributed by atoms with E-state index in [0.717, 1.165) is 16.7 Å². The van der Waals surface area contributed by atoms with Crippen LogP contribution in [0.25, 0.3) is 0 Å². The third-order valence-corrected chi connectivity index (χ3v) is 4.97. The Balaban J connectivity index is 2.08. The van der Waals surface area contributed by atoms with E-state index in [9.17, 15) is 9.90 Å². The van der Waals surface area contributed by atoms with Crippen molar-refractivity contribution in [2.45, 2.75) is 18.2 Å². The SMILES string of the molecule is CC(c1ccccc1)c1cc(C=O)c(O)c(C(Cl)c2ccccc2)c1. The summed E-state index contributed by atoms with van der Waals surface area (Å²) < 4.78 is 0. The van der Waals surface area contributed by atoms with E-state index in [4.69, 9.17) is 11.6 Å². The van der Waals surface area contributed by atoms with Gasteiger partial charge in [0.1, 0.15) is 5.75 Å². The maximum Gasteiger partial charge on any atom is 0.153 e. The first kappa shape index (κ1) is 17.2. The van der Waals surface area contributed by atoms with Crippen LogP contribution in [0, 0.1) is 0 Å². The molecule has 0 amide bonds. The van der Waals surface area contributed by atoms with Crippen LogP contribution in [0.2, 0.25) is 0 Å². The molecule has 3 rings (SSSR count). The zero-order valence-electron chi connectivity index (χ0n) is 13.9. The van der Waals surface area contributed by atoms with Crippen molar-refractivity contribution in [3.05, 3.63) is 101 Å². The Labute approximate surface area is 152 Å². The Morgan fingerprint density at radius 1 is 0.880 bits per heavy atom. The number of rotatable bonds is 5. The summed E-state index contributed by atoms with van der Waals surface area (Å²) >= 11 is 6.61. The molecule has 0 aliphatic rings. The van der Waals surface area contributed by atoms with Crippen LogP contribution >= 0.6 is 11.6 Å². The standard InChI is InChI=1S/C22H19ClO2/c1-15(16-8-4-2-5-9-16)18-12-19(14-24)22(25)20(13-18)21(23)17-10-6-3-7-11-17/h2-15,21,25H,1H3. The molecule has 0 aliphatic carbocycles. The topological polar surface area (TPSA) is 37.3 Å². The first-order chi connectivity index (χ1) is 12.1. The molecule has 0 fully saturated rings. The van der Waals surface area contributed by atoms with Crippen LogP contribution in [0.5, 0.6) is 5.75 Å². The number of halogens is 1. The first-order valence-electron chi connectivity index (χ1n) is 8.17. The minimum absolute atomic E-state index is 0.0529. The normalized spacial score (nSPS) is 13.2. The lowest BCUT2D eigenvalue weighted by Crippen LogP contribution is -2.02. The van der Waals surface area contributed by atoms with E-state index >= 15 is 0 Å². The van der Waals surface area contributed by atoms with Crippen LogP contribution in [0.3, 0.4) is 0 Å². The van der Waals surface area contributed by atoms with Crippen LogP contribution < -0.4 is 0 Å². The number of hydrogen-bond donors (Lipinski definition) is 1. The lowest BCUT2D eigenvalue weighted by Gasteiger charge is -2.19. The van der Waals surface area contributed by atoms with Crippen LogP contribution in [0.1, 0.15) is 50.8 Å². The minimum atomic E-state index is -0.525. The zero-order chi connectivity index (χ0) is 17.8. The number of carbonyl (C=O) groups is 1. The Hall–Kier alpha value is -2.58. The van der Waals surface area contributed by atoms with Gasteiger partial charge in [-0.2, -0.15) is 0 Å². The van der Waals surface area contributed by atoms with E-state index in [1.807, 2.05) is 66.7 Å². The molecule has 0 bridgehead atoms. The fraction of sp³-hybridized carbons (Fsp3) is 0.136. The average Bonchev–Trinajstić information content (AvgIpc) is 2.68. The summed E-state index contributed by atoms with van der Waals surface area (Å²) in [4.78, 5) is 11.4. The summed E-state index contributed by atoms with van der Waals surface area (Å²) in [6.07, 6.45) is 0.675. The molecule has 0 saturated heterocycles. The molecular formula is C22H19ClO2. The number of hydrogen-bond acceptors (Lipinski definition) is 2. The molecule has 2 unspecified atom stereocenters. The van der Waals surface area contributed by atoms with Gasteiger partial charge in [0, 0.05) is 11.5 Å². The Kier molecular flexibility index (Phi) is 5.20. The lowest BCUT2D eigenvalue weighted by molar-refractivity contribution is 0.112. The van der Waals surface area contributed by atoms with Crippen molar-refractivity contribution in [2.75, 3.05) is 0 Å². The molecule has 0 spiro atoms. The predicted molar refractivity (Wildman–Crippen MR) is 102 cm³/mol. The minimum Gasteiger partial charge on any atom is -0.507 e. The maximum absolute atomic E-state index is 11.4. The highest BCUT2D eigenvalue weighted by Gasteiger charge is 2.20. The summed E-state index contributed by atoms with van der Waals surface area (Å²) in [5.41, 5.74) is 3.78. The summed E-state index contributed by atoms with van der Waals surface area (Å²) in [7, 11) is 0. The molecule has 0 aliphatic heterocycles. The van der Waals surface area contributed by atoms with Gasteiger partial charge in [0.15, 0.2) is 6.29 Å². The van der Waals surface area contributed by atoms with Crippen LogP contribution in [-0.4, -0.2) is 11.4 Å². The molecule has 25 heavy (non-hydrogen) atoms. The van der Waals surface area contributed by atoms with Gasteiger partial charge in [-0.1, -0.05) is 67.6 Å². The second-order valence-corrected chi connectivity index (χ2v) is 6.51. The van der Waals surface area contributed by atoms with Crippen molar-refractivity contribution in [1.29, 1.82) is 0 Å². The number of aromatic hydroxyl groups is 1. The molecular weight excluding hydrogens is 332 g/mol. The van der Waals surface area contributed by atoms with Gasteiger partial charge in [0.05, 0.1) is 10.9 Å². The Morgan fingerprint density at radius 2 is 1.44 bits per heavy atom. The van der Waals surface area contributed by atoms with E-state index in [-0.39, 0.29) is 17.2 Å². The molecule has 0 heterocycles. The van der Waals surface area contributed by atoms with Crippen molar-refractivity contribution < 1.29 is 9.90 Å². The fourth-order valence-corrected chi connectivity index (χ4v) is 3.28. The van der Waals surface area contributed by atoms with Crippen molar-refractivity contribution in [2.24, 2.45) is 0 Å². The molecule has 0 aromatic heterocycles. The highest BCUT2D eigenvalue weighted by atomic mass is 35.5. The molecule has 126 valence electrons. The van der Waals surface area contributed by atoms with Gasteiger partial charge in [0.2, 0.25) is 0 Å². The van der Waals surface area contributed by atoms with Crippen molar-refractivity contribution in [1.82, 2.24) is 0 Å². The van der Waals surface area contributed by atoms with Crippen LogP contribution in [-0.2, 0) is 0 Å². The summed E-state index contributed by atoms with van der Waals surface area (Å²) in [6.45, 7) is 2.08.